The van der Waals surface area contributed by atoms with Gasteiger partial charge in [-0.2, -0.15) is 0 Å². The van der Waals surface area contributed by atoms with E-state index in [4.69, 9.17) is 10.5 Å². The number of hydrogen-bond acceptors (Lipinski definition) is 5. The molecule has 0 bridgehead atoms. The molecule has 2 aliphatic rings. The number of carbonyl (C=O) groups is 2. The van der Waals surface area contributed by atoms with Crippen molar-refractivity contribution in [3.05, 3.63) is 23.8 Å². The number of carbonyl (C=O) groups excluding carboxylic acids is 2. The molecule has 1 aromatic carbocycles. The fraction of sp³-hybridized carbons (Fsp3) is 0.636. The van der Waals surface area contributed by atoms with Crippen LogP contribution < -0.4 is 21.7 Å². The second-order valence-electron chi connectivity index (χ2n) is 9.27. The van der Waals surface area contributed by atoms with E-state index >= 15 is 0 Å². The summed E-state index contributed by atoms with van der Waals surface area (Å²) in [5.41, 5.74) is 7.65. The minimum atomic E-state index is -0.495. The number of nitrogens with one attached hydrogen (secondary N) is 3. The molecule has 0 aliphatic heterocycles. The molecule has 2 fully saturated rings. The smallest absolute Gasteiger partial charge is 0.407 e. The maximum atomic E-state index is 12.5. The fourth-order valence-corrected chi connectivity index (χ4v) is 3.90. The topological polar surface area (TPSA) is 105 Å². The number of hydrogen-bond donors (Lipinski definition) is 4. The van der Waals surface area contributed by atoms with Crippen LogP contribution in [0.5, 0.6) is 0 Å². The third kappa shape index (κ3) is 6.27. The molecule has 0 radical (unpaired) electrons. The summed E-state index contributed by atoms with van der Waals surface area (Å²) in [6.07, 6.45) is 6.97. The van der Waals surface area contributed by atoms with E-state index in [1.807, 2.05) is 32.9 Å². The first-order chi connectivity index (χ1) is 13.7. The Kier molecular flexibility index (Phi) is 6.55. The Hall–Kier alpha value is -2.44. The average Bonchev–Trinajstić information content (AvgIpc) is 2.60. The SMILES string of the molecule is CC(C)(C)OC(=O)N[C@H]1C[C@@H](Nc2ccc(C(=O)NC3CCCCC3)cc2N)C1. The lowest BCUT2D eigenvalue weighted by Gasteiger charge is -2.37. The summed E-state index contributed by atoms with van der Waals surface area (Å²) in [4.78, 5) is 24.3. The lowest BCUT2D eigenvalue weighted by molar-refractivity contribution is 0.0475. The molecule has 2 saturated carbocycles. The van der Waals surface area contributed by atoms with E-state index in [1.54, 1.807) is 6.07 Å². The number of alkyl carbamates (subject to hydrolysis) is 1. The summed E-state index contributed by atoms with van der Waals surface area (Å²) >= 11 is 0. The van der Waals surface area contributed by atoms with Crippen molar-refractivity contribution in [2.75, 3.05) is 11.1 Å². The average molecular weight is 403 g/mol. The molecule has 0 saturated heterocycles. The second-order valence-corrected chi connectivity index (χ2v) is 9.27. The second kappa shape index (κ2) is 8.93. The Morgan fingerprint density at radius 3 is 2.31 bits per heavy atom. The van der Waals surface area contributed by atoms with Gasteiger partial charge in [0.2, 0.25) is 0 Å². The number of nitrogens with two attached hydrogens (primary N) is 1. The third-order valence-electron chi connectivity index (χ3n) is 5.47. The van der Waals surface area contributed by atoms with Crippen molar-refractivity contribution in [2.45, 2.75) is 89.4 Å². The molecular formula is C22H34N4O3. The van der Waals surface area contributed by atoms with Crippen LogP contribution in [0.15, 0.2) is 18.2 Å². The molecule has 29 heavy (non-hydrogen) atoms. The molecule has 7 nitrogen and oxygen atoms in total. The molecular weight excluding hydrogens is 368 g/mol. The number of benzene rings is 1. The summed E-state index contributed by atoms with van der Waals surface area (Å²) in [6.45, 7) is 5.54. The lowest BCUT2D eigenvalue weighted by Crippen LogP contribution is -2.50. The van der Waals surface area contributed by atoms with Gasteiger partial charge in [-0.3, -0.25) is 4.79 Å². The number of ether oxygens (including phenoxy) is 1. The van der Waals surface area contributed by atoms with Crippen LogP contribution in [0.4, 0.5) is 16.2 Å². The van der Waals surface area contributed by atoms with Gasteiger partial charge in [0, 0.05) is 23.7 Å². The van der Waals surface area contributed by atoms with Gasteiger partial charge < -0.3 is 26.4 Å². The van der Waals surface area contributed by atoms with Gasteiger partial charge in [0.25, 0.3) is 5.91 Å². The Morgan fingerprint density at radius 1 is 1.00 bits per heavy atom. The molecule has 5 N–H and O–H groups in total. The monoisotopic (exact) mass is 402 g/mol. The van der Waals surface area contributed by atoms with E-state index in [0.717, 1.165) is 31.4 Å². The Morgan fingerprint density at radius 2 is 1.69 bits per heavy atom. The third-order valence-corrected chi connectivity index (χ3v) is 5.47. The zero-order valence-corrected chi connectivity index (χ0v) is 17.7. The van der Waals surface area contributed by atoms with E-state index in [-0.39, 0.29) is 30.1 Å². The van der Waals surface area contributed by atoms with Crippen LogP contribution >= 0.6 is 0 Å². The number of anilines is 2. The van der Waals surface area contributed by atoms with E-state index in [1.165, 1.54) is 19.3 Å². The highest BCUT2D eigenvalue weighted by atomic mass is 16.6. The van der Waals surface area contributed by atoms with Gasteiger partial charge in [-0.05, 0) is 64.7 Å². The van der Waals surface area contributed by atoms with Gasteiger partial charge in [0.15, 0.2) is 0 Å². The van der Waals surface area contributed by atoms with Gasteiger partial charge in [-0.15, -0.1) is 0 Å². The first-order valence-corrected chi connectivity index (χ1v) is 10.7. The molecule has 0 aromatic heterocycles. The quantitative estimate of drug-likeness (QED) is 0.561. The van der Waals surface area contributed by atoms with Gasteiger partial charge >= 0.3 is 6.09 Å². The Balaban J connectivity index is 1.45. The minimum absolute atomic E-state index is 0.0552. The highest BCUT2D eigenvalue weighted by Crippen LogP contribution is 2.28. The maximum absolute atomic E-state index is 12.5. The van der Waals surface area contributed by atoms with Crippen molar-refractivity contribution >= 4 is 23.4 Å². The van der Waals surface area contributed by atoms with Crippen molar-refractivity contribution in [2.24, 2.45) is 0 Å². The summed E-state index contributed by atoms with van der Waals surface area (Å²) < 4.78 is 5.28. The van der Waals surface area contributed by atoms with Crippen LogP contribution in [0, 0.1) is 0 Å². The molecule has 0 atom stereocenters. The lowest BCUT2D eigenvalue weighted by atomic mass is 9.86. The minimum Gasteiger partial charge on any atom is -0.444 e. The van der Waals surface area contributed by atoms with Crippen LogP contribution in [0.3, 0.4) is 0 Å². The standard InChI is InChI=1S/C22H34N4O3/c1-22(2,3)29-21(28)26-17-12-16(13-17)24-19-10-9-14(11-18(19)23)20(27)25-15-7-5-4-6-8-15/h9-11,15-17,24H,4-8,12-13,23H2,1-3H3,(H,25,27)(H,26,28)/t16-,17+. The summed E-state index contributed by atoms with van der Waals surface area (Å²) in [5, 5.41) is 9.40. The molecule has 7 heteroatoms. The molecule has 160 valence electrons. The first kappa shape index (κ1) is 21.3. The van der Waals surface area contributed by atoms with Crippen LogP contribution in [-0.4, -0.2) is 35.7 Å². The zero-order valence-electron chi connectivity index (χ0n) is 17.7. The van der Waals surface area contributed by atoms with Crippen molar-refractivity contribution in [3.63, 3.8) is 0 Å². The molecule has 0 spiro atoms. The summed E-state index contributed by atoms with van der Waals surface area (Å²) in [5.74, 6) is -0.0552. The van der Waals surface area contributed by atoms with Gasteiger partial charge in [0.1, 0.15) is 5.60 Å². The van der Waals surface area contributed by atoms with Crippen LogP contribution in [0.2, 0.25) is 0 Å². The Bertz CT molecular complexity index is 732. The Labute approximate surface area is 173 Å². The zero-order chi connectivity index (χ0) is 21.0. The summed E-state index contributed by atoms with van der Waals surface area (Å²) in [7, 11) is 0. The van der Waals surface area contributed by atoms with E-state index in [2.05, 4.69) is 16.0 Å². The highest BCUT2D eigenvalue weighted by Gasteiger charge is 2.32. The molecule has 2 amide bonds. The number of amides is 2. The van der Waals surface area contributed by atoms with Crippen molar-refractivity contribution < 1.29 is 14.3 Å². The fourth-order valence-electron chi connectivity index (χ4n) is 3.90. The van der Waals surface area contributed by atoms with Crippen molar-refractivity contribution in [1.82, 2.24) is 10.6 Å². The largest absolute Gasteiger partial charge is 0.444 e. The molecule has 0 unspecified atom stereocenters. The maximum Gasteiger partial charge on any atom is 0.407 e. The normalized spacial score (nSPS) is 22.3. The molecule has 1 aromatic rings. The highest BCUT2D eigenvalue weighted by molar-refractivity contribution is 5.96. The predicted molar refractivity (Wildman–Crippen MR) is 115 cm³/mol. The molecule has 3 rings (SSSR count). The van der Waals surface area contributed by atoms with E-state index in [0.29, 0.717) is 11.3 Å². The van der Waals surface area contributed by atoms with Gasteiger partial charge in [-0.25, -0.2) is 4.79 Å². The number of nitrogen functional groups attached to an aromatic ring is 1. The van der Waals surface area contributed by atoms with Gasteiger partial charge in [0.05, 0.1) is 11.4 Å². The number of rotatable bonds is 5. The van der Waals surface area contributed by atoms with Crippen molar-refractivity contribution in [3.8, 4) is 0 Å². The van der Waals surface area contributed by atoms with Crippen molar-refractivity contribution in [1.29, 1.82) is 0 Å². The first-order valence-electron chi connectivity index (χ1n) is 10.7. The van der Waals surface area contributed by atoms with E-state index < -0.39 is 5.60 Å². The van der Waals surface area contributed by atoms with Crippen LogP contribution in [-0.2, 0) is 4.74 Å². The summed E-state index contributed by atoms with van der Waals surface area (Å²) in [6, 6.07) is 6.02. The predicted octanol–water partition coefficient (Wildman–Crippen LogP) is 3.80. The molecule has 2 aliphatic carbocycles. The van der Waals surface area contributed by atoms with Crippen LogP contribution in [0.25, 0.3) is 0 Å². The van der Waals surface area contributed by atoms with Crippen LogP contribution in [0.1, 0.15) is 76.1 Å². The van der Waals surface area contributed by atoms with E-state index in [9.17, 15) is 9.59 Å². The molecule has 0 heterocycles. The van der Waals surface area contributed by atoms with Gasteiger partial charge in [-0.1, -0.05) is 19.3 Å².